The third kappa shape index (κ3) is 4.54. The van der Waals surface area contributed by atoms with Gasteiger partial charge in [-0.05, 0) is 41.8 Å². The maximum atomic E-state index is 13.1. The van der Waals surface area contributed by atoms with E-state index in [0.717, 1.165) is 20.7 Å². The molecule has 1 unspecified atom stereocenters. The standard InChI is InChI=1S/C18H15FN2O3S2/c19-11-3-1-4-12(9-11)21-18(24)17(23)20-10-13-6-7-15(26-13)16(22)14-5-2-8-25-14/h1-9,16,22H,10H2,(H,20,23)(H,21,24). The number of anilines is 1. The molecular formula is C18H15FN2O3S2. The van der Waals surface area contributed by atoms with Gasteiger partial charge in [-0.25, -0.2) is 4.39 Å². The molecule has 3 aromatic rings. The molecule has 0 saturated heterocycles. The van der Waals surface area contributed by atoms with Crippen molar-refractivity contribution in [2.45, 2.75) is 12.6 Å². The Hall–Kier alpha value is -2.55. The first kappa shape index (κ1) is 18.2. The fraction of sp³-hybridized carbons (Fsp3) is 0.111. The van der Waals surface area contributed by atoms with Crippen molar-refractivity contribution in [1.82, 2.24) is 5.32 Å². The topological polar surface area (TPSA) is 78.4 Å². The van der Waals surface area contributed by atoms with Gasteiger partial charge in [-0.2, -0.15) is 0 Å². The zero-order valence-electron chi connectivity index (χ0n) is 13.4. The van der Waals surface area contributed by atoms with Crippen molar-refractivity contribution in [3.05, 3.63) is 74.4 Å². The molecule has 0 aliphatic rings. The average molecular weight is 390 g/mol. The number of carbonyl (C=O) groups is 2. The quantitative estimate of drug-likeness (QED) is 0.585. The number of hydrogen-bond donors (Lipinski definition) is 3. The number of benzene rings is 1. The summed E-state index contributed by atoms with van der Waals surface area (Å²) in [7, 11) is 0. The van der Waals surface area contributed by atoms with Crippen LogP contribution < -0.4 is 10.6 Å². The summed E-state index contributed by atoms with van der Waals surface area (Å²) >= 11 is 2.83. The third-order valence-electron chi connectivity index (χ3n) is 3.48. The highest BCUT2D eigenvalue weighted by Gasteiger charge is 2.16. The Bertz CT molecular complexity index is 909. The van der Waals surface area contributed by atoms with Gasteiger partial charge in [0.05, 0.1) is 6.54 Å². The second-order valence-corrected chi connectivity index (χ2v) is 7.55. The van der Waals surface area contributed by atoms with E-state index in [1.54, 1.807) is 12.1 Å². The van der Waals surface area contributed by atoms with E-state index in [4.69, 9.17) is 0 Å². The van der Waals surface area contributed by atoms with Crippen molar-refractivity contribution < 1.29 is 19.1 Å². The van der Waals surface area contributed by atoms with Crippen LogP contribution in [0, 0.1) is 5.82 Å². The Morgan fingerprint density at radius 2 is 1.92 bits per heavy atom. The summed E-state index contributed by atoms with van der Waals surface area (Å²) in [5, 5.41) is 17.0. The number of hydrogen-bond acceptors (Lipinski definition) is 5. The first-order valence-electron chi connectivity index (χ1n) is 7.68. The van der Waals surface area contributed by atoms with Crippen molar-refractivity contribution >= 4 is 40.2 Å². The van der Waals surface area contributed by atoms with Gasteiger partial charge in [-0.15, -0.1) is 22.7 Å². The monoisotopic (exact) mass is 390 g/mol. The number of rotatable bonds is 5. The van der Waals surface area contributed by atoms with Gasteiger partial charge < -0.3 is 15.7 Å². The number of thiophene rings is 2. The molecule has 0 radical (unpaired) electrons. The molecule has 26 heavy (non-hydrogen) atoms. The lowest BCUT2D eigenvalue weighted by Crippen LogP contribution is -2.34. The number of aliphatic hydroxyl groups excluding tert-OH is 1. The summed E-state index contributed by atoms with van der Waals surface area (Å²) in [6, 6.07) is 12.6. The lowest BCUT2D eigenvalue weighted by Gasteiger charge is -2.06. The largest absolute Gasteiger partial charge is 0.382 e. The summed E-state index contributed by atoms with van der Waals surface area (Å²) in [4.78, 5) is 26.1. The van der Waals surface area contributed by atoms with Crippen molar-refractivity contribution in [3.8, 4) is 0 Å². The van der Waals surface area contributed by atoms with Gasteiger partial charge in [-0.3, -0.25) is 9.59 Å². The molecular weight excluding hydrogens is 375 g/mol. The van der Waals surface area contributed by atoms with E-state index in [9.17, 15) is 19.1 Å². The molecule has 0 saturated carbocycles. The van der Waals surface area contributed by atoms with Crippen LogP contribution >= 0.6 is 22.7 Å². The van der Waals surface area contributed by atoms with Crippen LogP contribution in [0.1, 0.15) is 20.7 Å². The minimum Gasteiger partial charge on any atom is -0.382 e. The minimum atomic E-state index is -0.869. The van der Waals surface area contributed by atoms with Crippen LogP contribution in [0.5, 0.6) is 0 Å². The highest BCUT2D eigenvalue weighted by Crippen LogP contribution is 2.30. The molecule has 0 aliphatic heterocycles. The first-order chi connectivity index (χ1) is 12.5. The van der Waals surface area contributed by atoms with Crippen molar-refractivity contribution in [2.24, 2.45) is 0 Å². The Morgan fingerprint density at radius 3 is 2.65 bits per heavy atom. The highest BCUT2D eigenvalue weighted by molar-refractivity contribution is 7.12. The normalized spacial score (nSPS) is 11.8. The number of aliphatic hydroxyl groups is 1. The van der Waals surface area contributed by atoms with Crippen LogP contribution in [0.25, 0.3) is 0 Å². The van der Waals surface area contributed by atoms with E-state index >= 15 is 0 Å². The lowest BCUT2D eigenvalue weighted by atomic mass is 10.2. The zero-order valence-corrected chi connectivity index (χ0v) is 15.1. The molecule has 134 valence electrons. The summed E-state index contributed by atoms with van der Waals surface area (Å²) in [5.41, 5.74) is 0.211. The predicted molar refractivity (Wildman–Crippen MR) is 99.6 cm³/mol. The molecule has 0 spiro atoms. The van der Waals surface area contributed by atoms with Crippen molar-refractivity contribution in [3.63, 3.8) is 0 Å². The SMILES string of the molecule is O=C(NCc1ccc(C(O)c2cccs2)s1)C(=O)Nc1cccc(F)c1. The van der Waals surface area contributed by atoms with E-state index in [1.807, 2.05) is 17.5 Å². The summed E-state index contributed by atoms with van der Waals surface area (Å²) in [6.07, 6.45) is -0.694. The van der Waals surface area contributed by atoms with E-state index in [2.05, 4.69) is 10.6 Å². The first-order valence-corrected chi connectivity index (χ1v) is 9.37. The Labute approximate surface area is 157 Å². The van der Waals surface area contributed by atoms with Gasteiger partial charge in [0.25, 0.3) is 0 Å². The molecule has 5 nitrogen and oxygen atoms in total. The minimum absolute atomic E-state index is 0.164. The molecule has 2 amide bonds. The van der Waals surface area contributed by atoms with Gasteiger partial charge in [0.15, 0.2) is 0 Å². The van der Waals surface area contributed by atoms with E-state index in [0.29, 0.717) is 0 Å². The van der Waals surface area contributed by atoms with Crippen molar-refractivity contribution in [1.29, 1.82) is 0 Å². The molecule has 1 aromatic carbocycles. The lowest BCUT2D eigenvalue weighted by molar-refractivity contribution is -0.136. The Kier molecular flexibility index (Phi) is 5.77. The predicted octanol–water partition coefficient (Wildman–Crippen LogP) is 3.29. The smallest absolute Gasteiger partial charge is 0.313 e. The van der Waals surface area contributed by atoms with Gasteiger partial charge in [-0.1, -0.05) is 12.1 Å². The molecule has 2 heterocycles. The summed E-state index contributed by atoms with van der Waals surface area (Å²) in [6.45, 7) is 0.164. The number of amides is 2. The van der Waals surface area contributed by atoms with Crippen LogP contribution in [0.15, 0.2) is 53.9 Å². The molecule has 0 fully saturated rings. The average Bonchev–Trinajstić information content (AvgIpc) is 3.31. The second kappa shape index (κ2) is 8.22. The second-order valence-electron chi connectivity index (χ2n) is 5.37. The van der Waals surface area contributed by atoms with E-state index in [-0.39, 0.29) is 12.2 Å². The maximum absolute atomic E-state index is 13.1. The fourth-order valence-electron chi connectivity index (χ4n) is 2.23. The van der Waals surface area contributed by atoms with Crippen LogP contribution in [-0.2, 0) is 16.1 Å². The number of halogens is 1. The van der Waals surface area contributed by atoms with E-state index < -0.39 is 23.7 Å². The molecule has 1 atom stereocenters. The van der Waals surface area contributed by atoms with Crippen LogP contribution in [0.3, 0.4) is 0 Å². The van der Waals surface area contributed by atoms with E-state index in [1.165, 1.54) is 40.9 Å². The van der Waals surface area contributed by atoms with Crippen molar-refractivity contribution in [2.75, 3.05) is 5.32 Å². The number of nitrogens with one attached hydrogen (secondary N) is 2. The van der Waals surface area contributed by atoms with Crippen LogP contribution in [0.2, 0.25) is 0 Å². The molecule has 3 N–H and O–H groups in total. The molecule has 2 aromatic heterocycles. The summed E-state index contributed by atoms with van der Waals surface area (Å²) in [5.74, 6) is -2.19. The van der Waals surface area contributed by atoms with Crippen LogP contribution in [0.4, 0.5) is 10.1 Å². The number of carbonyl (C=O) groups excluding carboxylic acids is 2. The molecule has 8 heteroatoms. The molecule has 0 bridgehead atoms. The van der Waals surface area contributed by atoms with Gasteiger partial charge in [0, 0.05) is 20.3 Å². The molecule has 3 rings (SSSR count). The highest BCUT2D eigenvalue weighted by atomic mass is 32.1. The summed E-state index contributed by atoms with van der Waals surface area (Å²) < 4.78 is 13.1. The van der Waals surface area contributed by atoms with Gasteiger partial charge in [0.1, 0.15) is 11.9 Å². The van der Waals surface area contributed by atoms with Crippen LogP contribution in [-0.4, -0.2) is 16.9 Å². The Morgan fingerprint density at radius 1 is 1.08 bits per heavy atom. The van der Waals surface area contributed by atoms with Gasteiger partial charge >= 0.3 is 11.8 Å². The zero-order chi connectivity index (χ0) is 18.5. The van der Waals surface area contributed by atoms with Gasteiger partial charge in [0.2, 0.25) is 0 Å². The Balaban J connectivity index is 1.54. The molecule has 0 aliphatic carbocycles. The fourth-order valence-corrected chi connectivity index (χ4v) is 3.99. The maximum Gasteiger partial charge on any atom is 0.313 e. The third-order valence-corrected chi connectivity index (χ3v) is 5.54.